The van der Waals surface area contributed by atoms with E-state index in [1.807, 2.05) is 30.3 Å². The van der Waals surface area contributed by atoms with Gasteiger partial charge in [-0.1, -0.05) is 30.3 Å². The van der Waals surface area contributed by atoms with Crippen molar-refractivity contribution in [2.45, 2.75) is 12.5 Å². The van der Waals surface area contributed by atoms with E-state index < -0.39 is 6.10 Å². The third kappa shape index (κ3) is 6.43. The van der Waals surface area contributed by atoms with Crippen molar-refractivity contribution in [3.05, 3.63) is 35.9 Å². The van der Waals surface area contributed by atoms with Crippen LogP contribution in [-0.4, -0.2) is 50.7 Å². The molecule has 1 fully saturated rings. The van der Waals surface area contributed by atoms with Crippen molar-refractivity contribution < 1.29 is 14.3 Å². The van der Waals surface area contributed by atoms with Gasteiger partial charge in [0.2, 0.25) is 5.91 Å². The first-order valence-corrected chi connectivity index (χ1v) is 7.16. The molecular formula is C15H22ClN3O3. The topological polar surface area (TPSA) is 79.5 Å². The van der Waals surface area contributed by atoms with Crippen LogP contribution in [0.15, 0.2) is 30.3 Å². The molecule has 122 valence electrons. The molecular weight excluding hydrogens is 306 g/mol. The number of carbonyl (C=O) groups is 2. The number of hydrogen-bond acceptors (Lipinski definition) is 4. The third-order valence-corrected chi connectivity index (χ3v) is 3.22. The van der Waals surface area contributed by atoms with Crippen molar-refractivity contribution in [3.63, 3.8) is 0 Å². The molecule has 22 heavy (non-hydrogen) atoms. The van der Waals surface area contributed by atoms with Crippen molar-refractivity contribution in [2.24, 2.45) is 0 Å². The SMILES string of the molecule is Cl.O=C(CNC(=O)C1CNCCO1)NCCc1ccccc1. The first kappa shape index (κ1) is 18.4. The highest BCUT2D eigenvalue weighted by molar-refractivity contribution is 5.87. The molecule has 1 aromatic rings. The van der Waals surface area contributed by atoms with Crippen LogP contribution in [0.4, 0.5) is 0 Å². The molecule has 2 rings (SSSR count). The zero-order valence-electron chi connectivity index (χ0n) is 12.3. The summed E-state index contributed by atoms with van der Waals surface area (Å²) in [6.07, 6.45) is 0.270. The average Bonchev–Trinajstić information content (AvgIpc) is 2.54. The van der Waals surface area contributed by atoms with Crippen molar-refractivity contribution in [1.82, 2.24) is 16.0 Å². The minimum Gasteiger partial charge on any atom is -0.366 e. The lowest BCUT2D eigenvalue weighted by atomic mass is 10.1. The van der Waals surface area contributed by atoms with Gasteiger partial charge in [-0.15, -0.1) is 12.4 Å². The Morgan fingerprint density at radius 3 is 2.68 bits per heavy atom. The summed E-state index contributed by atoms with van der Waals surface area (Å²) >= 11 is 0. The second kappa shape index (κ2) is 10.2. The first-order valence-electron chi connectivity index (χ1n) is 7.16. The fourth-order valence-electron chi connectivity index (χ4n) is 2.07. The molecule has 0 radical (unpaired) electrons. The summed E-state index contributed by atoms with van der Waals surface area (Å²) in [5, 5.41) is 8.43. The highest BCUT2D eigenvalue weighted by Crippen LogP contribution is 1.98. The highest BCUT2D eigenvalue weighted by Gasteiger charge is 2.21. The molecule has 1 unspecified atom stereocenters. The van der Waals surface area contributed by atoms with E-state index >= 15 is 0 Å². The maximum Gasteiger partial charge on any atom is 0.250 e. The van der Waals surface area contributed by atoms with Gasteiger partial charge in [-0.3, -0.25) is 9.59 Å². The Balaban J connectivity index is 0.00000242. The lowest BCUT2D eigenvalue weighted by Gasteiger charge is -2.22. The van der Waals surface area contributed by atoms with Crippen LogP contribution in [0.25, 0.3) is 0 Å². The predicted octanol–water partition coefficient (Wildman–Crippen LogP) is -0.128. The summed E-state index contributed by atoms with van der Waals surface area (Å²) < 4.78 is 5.30. The smallest absolute Gasteiger partial charge is 0.250 e. The number of amides is 2. The second-order valence-electron chi connectivity index (χ2n) is 4.87. The molecule has 0 aromatic heterocycles. The minimum absolute atomic E-state index is 0. The van der Waals surface area contributed by atoms with E-state index in [0.717, 1.165) is 13.0 Å². The van der Waals surface area contributed by atoms with Crippen LogP contribution in [0, 0.1) is 0 Å². The maximum absolute atomic E-state index is 11.7. The molecule has 1 atom stereocenters. The van der Waals surface area contributed by atoms with E-state index in [-0.39, 0.29) is 30.8 Å². The molecule has 1 aromatic carbocycles. The van der Waals surface area contributed by atoms with Crippen molar-refractivity contribution in [1.29, 1.82) is 0 Å². The van der Waals surface area contributed by atoms with E-state index in [4.69, 9.17) is 4.74 Å². The Morgan fingerprint density at radius 2 is 2.00 bits per heavy atom. The summed E-state index contributed by atoms with van der Waals surface area (Å²) in [6, 6.07) is 9.92. The van der Waals surface area contributed by atoms with E-state index in [1.165, 1.54) is 5.56 Å². The third-order valence-electron chi connectivity index (χ3n) is 3.22. The molecule has 6 nitrogen and oxygen atoms in total. The molecule has 1 heterocycles. The van der Waals surface area contributed by atoms with E-state index in [0.29, 0.717) is 19.7 Å². The molecule has 3 N–H and O–H groups in total. The first-order chi connectivity index (χ1) is 10.3. The number of halogens is 1. The summed E-state index contributed by atoms with van der Waals surface area (Å²) in [7, 11) is 0. The zero-order valence-corrected chi connectivity index (χ0v) is 13.2. The monoisotopic (exact) mass is 327 g/mol. The van der Waals surface area contributed by atoms with Gasteiger partial charge < -0.3 is 20.7 Å². The quantitative estimate of drug-likeness (QED) is 0.680. The lowest BCUT2D eigenvalue weighted by molar-refractivity contribution is -0.136. The normalized spacial score (nSPS) is 17.2. The fourth-order valence-corrected chi connectivity index (χ4v) is 2.07. The molecule has 1 aliphatic heterocycles. The van der Waals surface area contributed by atoms with Crippen LogP contribution in [0.3, 0.4) is 0 Å². The summed E-state index contributed by atoms with van der Waals surface area (Å²) in [4.78, 5) is 23.4. The summed E-state index contributed by atoms with van der Waals surface area (Å²) in [6.45, 7) is 2.29. The zero-order chi connectivity index (χ0) is 14.9. The average molecular weight is 328 g/mol. The van der Waals surface area contributed by atoms with E-state index in [1.54, 1.807) is 0 Å². The largest absolute Gasteiger partial charge is 0.366 e. The molecule has 7 heteroatoms. The van der Waals surface area contributed by atoms with E-state index in [2.05, 4.69) is 16.0 Å². The van der Waals surface area contributed by atoms with Crippen LogP contribution in [-0.2, 0) is 20.7 Å². The Hall–Kier alpha value is -1.63. The molecule has 0 bridgehead atoms. The van der Waals surface area contributed by atoms with Crippen molar-refractivity contribution in [3.8, 4) is 0 Å². The summed E-state index contributed by atoms with van der Waals surface area (Å²) in [5.74, 6) is -0.441. The molecule has 0 aliphatic carbocycles. The Kier molecular flexibility index (Phi) is 8.50. The van der Waals surface area contributed by atoms with Gasteiger partial charge in [0.25, 0.3) is 5.91 Å². The van der Waals surface area contributed by atoms with Gasteiger partial charge in [0.15, 0.2) is 0 Å². The minimum atomic E-state index is -0.504. The number of carbonyl (C=O) groups excluding carboxylic acids is 2. The number of nitrogens with one attached hydrogen (secondary N) is 3. The van der Waals surface area contributed by atoms with Crippen LogP contribution >= 0.6 is 12.4 Å². The molecule has 1 aliphatic rings. The van der Waals surface area contributed by atoms with Gasteiger partial charge in [0, 0.05) is 19.6 Å². The molecule has 2 amide bonds. The van der Waals surface area contributed by atoms with Gasteiger partial charge in [-0.05, 0) is 12.0 Å². The molecule has 0 saturated carbocycles. The Morgan fingerprint density at radius 1 is 1.23 bits per heavy atom. The predicted molar refractivity (Wildman–Crippen MR) is 86.0 cm³/mol. The molecule has 0 spiro atoms. The van der Waals surface area contributed by atoms with Gasteiger partial charge in [0.1, 0.15) is 6.10 Å². The standard InChI is InChI=1S/C15H21N3O3.ClH/c19-14(17-7-6-12-4-2-1-3-5-12)11-18-15(20)13-10-16-8-9-21-13;/h1-5,13,16H,6-11H2,(H,17,19)(H,18,20);1H. The van der Waals surface area contributed by atoms with Crippen LogP contribution in [0.1, 0.15) is 5.56 Å². The number of morpholine rings is 1. The van der Waals surface area contributed by atoms with Crippen LogP contribution in [0.2, 0.25) is 0 Å². The Labute approximate surface area is 136 Å². The van der Waals surface area contributed by atoms with Crippen LogP contribution in [0.5, 0.6) is 0 Å². The number of benzene rings is 1. The van der Waals surface area contributed by atoms with Gasteiger partial charge in [-0.25, -0.2) is 0 Å². The van der Waals surface area contributed by atoms with Crippen LogP contribution < -0.4 is 16.0 Å². The maximum atomic E-state index is 11.7. The van der Waals surface area contributed by atoms with Crippen molar-refractivity contribution >= 4 is 24.2 Å². The molecule has 1 saturated heterocycles. The lowest BCUT2D eigenvalue weighted by Crippen LogP contribution is -2.49. The highest BCUT2D eigenvalue weighted by atomic mass is 35.5. The number of ether oxygens (including phenoxy) is 1. The summed E-state index contributed by atoms with van der Waals surface area (Å²) in [5.41, 5.74) is 1.17. The van der Waals surface area contributed by atoms with Crippen molar-refractivity contribution in [2.75, 3.05) is 32.8 Å². The van der Waals surface area contributed by atoms with Gasteiger partial charge in [0.05, 0.1) is 13.2 Å². The van der Waals surface area contributed by atoms with Gasteiger partial charge in [-0.2, -0.15) is 0 Å². The fraction of sp³-hybridized carbons (Fsp3) is 0.467. The number of rotatable bonds is 6. The van der Waals surface area contributed by atoms with E-state index in [9.17, 15) is 9.59 Å². The Bertz CT molecular complexity index is 464. The second-order valence-corrected chi connectivity index (χ2v) is 4.87. The number of hydrogen-bond donors (Lipinski definition) is 3. The van der Waals surface area contributed by atoms with Gasteiger partial charge >= 0.3 is 0 Å².